The van der Waals surface area contributed by atoms with Gasteiger partial charge in [0.1, 0.15) is 5.76 Å². The van der Waals surface area contributed by atoms with E-state index in [1.54, 1.807) is 31.2 Å². The van der Waals surface area contributed by atoms with E-state index < -0.39 is 5.97 Å². The number of carbonyl (C=O) groups excluding carboxylic acids is 2. The summed E-state index contributed by atoms with van der Waals surface area (Å²) in [6.45, 7) is 5.36. The van der Waals surface area contributed by atoms with Gasteiger partial charge in [-0.3, -0.25) is 4.79 Å². The lowest BCUT2D eigenvalue weighted by Crippen LogP contribution is -2.31. The molecule has 0 aliphatic carbocycles. The van der Waals surface area contributed by atoms with Crippen LogP contribution in [0.4, 0.5) is 0 Å². The van der Waals surface area contributed by atoms with Crippen molar-refractivity contribution in [2.75, 3.05) is 6.61 Å². The van der Waals surface area contributed by atoms with Gasteiger partial charge in [-0.1, -0.05) is 6.07 Å². The summed E-state index contributed by atoms with van der Waals surface area (Å²) < 4.78 is 10.2. The zero-order valence-corrected chi connectivity index (χ0v) is 12.9. The van der Waals surface area contributed by atoms with Crippen molar-refractivity contribution in [3.63, 3.8) is 0 Å². The van der Waals surface area contributed by atoms with E-state index in [9.17, 15) is 9.59 Å². The van der Waals surface area contributed by atoms with E-state index in [0.717, 1.165) is 11.1 Å². The van der Waals surface area contributed by atoms with Crippen LogP contribution in [-0.2, 0) is 9.53 Å². The zero-order valence-electron chi connectivity index (χ0n) is 12.9. The number of hydrogen-bond acceptors (Lipinski definition) is 4. The maximum absolute atomic E-state index is 11.9. The third-order valence-corrected chi connectivity index (χ3v) is 3.42. The number of esters is 1. The quantitative estimate of drug-likeness (QED) is 0.862. The summed E-state index contributed by atoms with van der Waals surface area (Å²) in [6.07, 6.45) is 1.54. The molecule has 1 N–H and O–H groups in total. The molecule has 1 amide bonds. The van der Waals surface area contributed by atoms with Crippen LogP contribution in [0.1, 0.15) is 40.2 Å². The summed E-state index contributed by atoms with van der Waals surface area (Å²) in [5.41, 5.74) is 2.54. The number of nitrogens with one attached hydrogen (secondary N) is 1. The van der Waals surface area contributed by atoms with Crippen molar-refractivity contribution in [1.29, 1.82) is 0 Å². The number of benzene rings is 1. The first-order valence-corrected chi connectivity index (χ1v) is 7.04. The van der Waals surface area contributed by atoms with Gasteiger partial charge >= 0.3 is 5.97 Å². The highest BCUT2D eigenvalue weighted by Gasteiger charge is 2.14. The van der Waals surface area contributed by atoms with Crippen molar-refractivity contribution in [2.24, 2.45) is 0 Å². The zero-order chi connectivity index (χ0) is 16.1. The Bertz CT molecular complexity index is 661. The van der Waals surface area contributed by atoms with Crippen LogP contribution in [0.5, 0.6) is 0 Å². The Morgan fingerprint density at radius 1 is 1.23 bits per heavy atom. The third-order valence-electron chi connectivity index (χ3n) is 3.42. The van der Waals surface area contributed by atoms with Gasteiger partial charge in [-0.2, -0.15) is 0 Å². The first-order valence-electron chi connectivity index (χ1n) is 7.04. The molecule has 0 saturated heterocycles. The molecule has 2 aromatic rings. The Hall–Kier alpha value is -2.56. The van der Waals surface area contributed by atoms with Crippen LogP contribution >= 0.6 is 0 Å². The van der Waals surface area contributed by atoms with E-state index in [2.05, 4.69) is 5.32 Å². The van der Waals surface area contributed by atoms with Gasteiger partial charge in [0.15, 0.2) is 6.61 Å². The molecule has 0 bridgehead atoms. The predicted octanol–water partition coefficient (Wildman–Crippen LogP) is 2.93. The smallest absolute Gasteiger partial charge is 0.338 e. The lowest BCUT2D eigenvalue weighted by molar-refractivity contribution is -0.125. The predicted molar refractivity (Wildman–Crippen MR) is 81.5 cm³/mol. The molecular weight excluding hydrogens is 282 g/mol. The van der Waals surface area contributed by atoms with Crippen LogP contribution in [0.25, 0.3) is 0 Å². The van der Waals surface area contributed by atoms with E-state index >= 15 is 0 Å². The second kappa shape index (κ2) is 6.93. The number of furan rings is 1. The standard InChI is InChI=1S/C17H19NO4/c1-11-6-7-14(9-12(11)2)17(20)22-10-16(19)18-13(3)15-5-4-8-21-15/h4-9,13H,10H2,1-3H3,(H,18,19)/t13-/m1/s1. The monoisotopic (exact) mass is 301 g/mol. The summed E-state index contributed by atoms with van der Waals surface area (Å²) >= 11 is 0. The number of amides is 1. The molecular formula is C17H19NO4. The van der Waals surface area contributed by atoms with Gasteiger partial charge in [0.2, 0.25) is 0 Å². The fourth-order valence-corrected chi connectivity index (χ4v) is 1.97. The van der Waals surface area contributed by atoms with Gasteiger partial charge < -0.3 is 14.5 Å². The summed E-state index contributed by atoms with van der Waals surface area (Å²) in [7, 11) is 0. The topological polar surface area (TPSA) is 68.5 Å². The molecule has 1 heterocycles. The molecule has 5 heteroatoms. The van der Waals surface area contributed by atoms with Gasteiger partial charge in [-0.25, -0.2) is 4.79 Å². The number of ether oxygens (including phenoxy) is 1. The van der Waals surface area contributed by atoms with E-state index in [1.165, 1.54) is 6.26 Å². The largest absolute Gasteiger partial charge is 0.467 e. The maximum atomic E-state index is 11.9. The molecule has 0 saturated carbocycles. The number of carbonyl (C=O) groups is 2. The van der Waals surface area contributed by atoms with Gasteiger partial charge in [-0.05, 0) is 56.2 Å². The second-order valence-electron chi connectivity index (χ2n) is 5.18. The van der Waals surface area contributed by atoms with Gasteiger partial charge in [0.05, 0.1) is 17.9 Å². The average molecular weight is 301 g/mol. The summed E-state index contributed by atoms with van der Waals surface area (Å²) in [5.74, 6) is -0.237. The minimum Gasteiger partial charge on any atom is -0.467 e. The van der Waals surface area contributed by atoms with Crippen LogP contribution in [0.2, 0.25) is 0 Å². The minimum atomic E-state index is -0.510. The van der Waals surface area contributed by atoms with Crippen molar-refractivity contribution >= 4 is 11.9 Å². The van der Waals surface area contributed by atoms with Crippen molar-refractivity contribution in [1.82, 2.24) is 5.32 Å². The van der Waals surface area contributed by atoms with Crippen molar-refractivity contribution in [3.8, 4) is 0 Å². The first kappa shape index (κ1) is 15.8. The average Bonchev–Trinajstić information content (AvgIpc) is 3.02. The summed E-state index contributed by atoms with van der Waals surface area (Å²) in [5, 5.41) is 2.70. The molecule has 0 aliphatic rings. The van der Waals surface area contributed by atoms with Gasteiger partial charge in [-0.15, -0.1) is 0 Å². The fraction of sp³-hybridized carbons (Fsp3) is 0.294. The lowest BCUT2D eigenvalue weighted by atomic mass is 10.1. The Labute approximate surface area is 129 Å². The Balaban J connectivity index is 1.85. The maximum Gasteiger partial charge on any atom is 0.338 e. The van der Waals surface area contributed by atoms with E-state index in [1.807, 2.05) is 19.9 Å². The highest BCUT2D eigenvalue weighted by Crippen LogP contribution is 2.12. The molecule has 0 fully saturated rings. The lowest BCUT2D eigenvalue weighted by Gasteiger charge is -2.11. The Kier molecular flexibility index (Phi) is 4.99. The Morgan fingerprint density at radius 3 is 2.64 bits per heavy atom. The van der Waals surface area contributed by atoms with Crippen molar-refractivity contribution < 1.29 is 18.7 Å². The van der Waals surface area contributed by atoms with Crippen LogP contribution in [0.15, 0.2) is 41.0 Å². The van der Waals surface area contributed by atoms with Crippen LogP contribution in [-0.4, -0.2) is 18.5 Å². The highest BCUT2D eigenvalue weighted by atomic mass is 16.5. The molecule has 0 aliphatic heterocycles. The van der Waals surface area contributed by atoms with Crippen LogP contribution in [0.3, 0.4) is 0 Å². The van der Waals surface area contributed by atoms with Gasteiger partial charge in [0, 0.05) is 0 Å². The SMILES string of the molecule is Cc1ccc(C(=O)OCC(=O)N[C@H](C)c2ccco2)cc1C. The number of aryl methyl sites for hydroxylation is 2. The molecule has 1 atom stereocenters. The van der Waals surface area contributed by atoms with Crippen LogP contribution in [0, 0.1) is 13.8 Å². The highest BCUT2D eigenvalue weighted by molar-refractivity contribution is 5.91. The first-order chi connectivity index (χ1) is 10.5. The summed E-state index contributed by atoms with van der Waals surface area (Å²) in [4.78, 5) is 23.7. The van der Waals surface area contributed by atoms with Crippen LogP contribution < -0.4 is 5.32 Å². The number of hydrogen-bond donors (Lipinski definition) is 1. The molecule has 5 nitrogen and oxygen atoms in total. The van der Waals surface area contributed by atoms with Gasteiger partial charge in [0.25, 0.3) is 5.91 Å². The molecule has 1 aromatic carbocycles. The molecule has 0 radical (unpaired) electrons. The summed E-state index contributed by atoms with van der Waals surface area (Å²) in [6, 6.07) is 8.53. The number of rotatable bonds is 5. The second-order valence-corrected chi connectivity index (χ2v) is 5.18. The molecule has 0 unspecified atom stereocenters. The van der Waals surface area contributed by atoms with Crippen molar-refractivity contribution in [2.45, 2.75) is 26.8 Å². The fourth-order valence-electron chi connectivity index (χ4n) is 1.97. The molecule has 2 rings (SSSR count). The molecule has 22 heavy (non-hydrogen) atoms. The van der Waals surface area contributed by atoms with Crippen molar-refractivity contribution in [3.05, 3.63) is 59.0 Å². The normalized spacial score (nSPS) is 11.8. The molecule has 1 aromatic heterocycles. The molecule has 116 valence electrons. The minimum absolute atomic E-state index is 0.275. The van der Waals surface area contributed by atoms with E-state index in [-0.39, 0.29) is 18.6 Å². The van der Waals surface area contributed by atoms with E-state index in [0.29, 0.717) is 11.3 Å². The molecule has 0 spiro atoms. The third kappa shape index (κ3) is 3.97. The van der Waals surface area contributed by atoms with E-state index in [4.69, 9.17) is 9.15 Å². The Morgan fingerprint density at radius 2 is 2.00 bits per heavy atom.